The number of carbonyl (C=O) groups is 4. The van der Waals surface area contributed by atoms with Crippen molar-refractivity contribution in [3.05, 3.63) is 95.6 Å². The van der Waals surface area contributed by atoms with Gasteiger partial charge in [-0.25, -0.2) is 14.4 Å². The Hall–Kier alpha value is -4.86. The van der Waals surface area contributed by atoms with Crippen LogP contribution < -0.4 is 10.6 Å². The standard InChI is InChI=1S/C40H47N3O7/c1-40(2,3)50-39(47)42-35(27-16-8-5-9-17-27)36(44)43-23-28(22-34(43)37(45)48-24-26-14-6-4-7-15-26)41-38(46)49-25-33-31-20-12-10-18-29(31)30-19-11-13-21-32(30)33/h4,6-7,10-15,18-21,27-28,33-35H,5,8-9,16-17,22-25H2,1-3H3,(H,41,46)(H,42,47)/t28-,34-,35-/m0/s1. The minimum absolute atomic E-state index is 0.0465. The Morgan fingerprint density at radius 2 is 1.42 bits per heavy atom. The van der Waals surface area contributed by atoms with Gasteiger partial charge >= 0.3 is 18.2 Å². The van der Waals surface area contributed by atoms with E-state index < -0.39 is 41.9 Å². The maximum absolute atomic E-state index is 14.4. The zero-order valence-corrected chi connectivity index (χ0v) is 29.1. The lowest BCUT2D eigenvalue weighted by Gasteiger charge is -2.34. The van der Waals surface area contributed by atoms with E-state index in [1.54, 1.807) is 20.8 Å². The number of esters is 1. The summed E-state index contributed by atoms with van der Waals surface area (Å²) in [4.78, 5) is 55.8. The molecule has 2 fully saturated rings. The maximum atomic E-state index is 14.4. The zero-order valence-electron chi connectivity index (χ0n) is 29.1. The van der Waals surface area contributed by atoms with Crippen LogP contribution in [-0.2, 0) is 30.4 Å². The van der Waals surface area contributed by atoms with Crippen molar-refractivity contribution in [3.8, 4) is 11.1 Å². The van der Waals surface area contributed by atoms with Crippen molar-refractivity contribution >= 4 is 24.1 Å². The molecule has 3 aliphatic rings. The summed E-state index contributed by atoms with van der Waals surface area (Å²) >= 11 is 0. The van der Waals surface area contributed by atoms with Crippen LogP contribution >= 0.6 is 0 Å². The number of amides is 3. The number of alkyl carbamates (subject to hydrolysis) is 2. The highest BCUT2D eigenvalue weighted by Crippen LogP contribution is 2.44. The van der Waals surface area contributed by atoms with Gasteiger partial charge in [0, 0.05) is 18.9 Å². The zero-order chi connectivity index (χ0) is 35.3. The van der Waals surface area contributed by atoms with Crippen LogP contribution in [0.3, 0.4) is 0 Å². The normalized spacial score (nSPS) is 19.5. The fourth-order valence-electron chi connectivity index (χ4n) is 7.50. The highest BCUT2D eigenvalue weighted by atomic mass is 16.6. The van der Waals surface area contributed by atoms with E-state index in [0.29, 0.717) is 0 Å². The first kappa shape index (κ1) is 35.0. The lowest BCUT2D eigenvalue weighted by atomic mass is 9.83. The summed E-state index contributed by atoms with van der Waals surface area (Å²) in [6.07, 6.45) is 3.32. The van der Waals surface area contributed by atoms with Crippen molar-refractivity contribution in [1.82, 2.24) is 15.5 Å². The molecule has 2 N–H and O–H groups in total. The smallest absolute Gasteiger partial charge is 0.408 e. The van der Waals surface area contributed by atoms with Crippen molar-refractivity contribution < 1.29 is 33.4 Å². The van der Waals surface area contributed by atoms with Crippen LogP contribution in [0.4, 0.5) is 9.59 Å². The van der Waals surface area contributed by atoms with Crippen molar-refractivity contribution in [2.24, 2.45) is 5.92 Å². The summed E-state index contributed by atoms with van der Waals surface area (Å²) in [6, 6.07) is 23.1. The lowest BCUT2D eigenvalue weighted by Crippen LogP contribution is -2.56. The minimum Gasteiger partial charge on any atom is -0.459 e. The molecule has 264 valence electrons. The average Bonchev–Trinajstić information content (AvgIpc) is 3.67. The van der Waals surface area contributed by atoms with Crippen molar-refractivity contribution in [2.45, 2.75) is 95.5 Å². The Kier molecular flexibility index (Phi) is 10.7. The highest BCUT2D eigenvalue weighted by molar-refractivity contribution is 5.91. The van der Waals surface area contributed by atoms with Gasteiger partial charge in [0.15, 0.2) is 0 Å². The second-order valence-corrected chi connectivity index (χ2v) is 14.5. The molecule has 10 heteroatoms. The summed E-state index contributed by atoms with van der Waals surface area (Å²) in [5.74, 6) is -1.18. The molecule has 2 aliphatic carbocycles. The molecule has 0 bridgehead atoms. The largest absolute Gasteiger partial charge is 0.459 e. The molecule has 6 rings (SSSR count). The summed E-state index contributed by atoms with van der Waals surface area (Å²) in [5.41, 5.74) is 4.53. The van der Waals surface area contributed by atoms with Gasteiger partial charge in [-0.3, -0.25) is 4.79 Å². The first-order valence-electron chi connectivity index (χ1n) is 17.7. The van der Waals surface area contributed by atoms with Gasteiger partial charge in [0.25, 0.3) is 0 Å². The van der Waals surface area contributed by atoms with E-state index in [1.807, 2.05) is 54.6 Å². The lowest BCUT2D eigenvalue weighted by molar-refractivity contribution is -0.155. The highest BCUT2D eigenvalue weighted by Gasteiger charge is 2.45. The van der Waals surface area contributed by atoms with Crippen LogP contribution in [0.5, 0.6) is 0 Å². The van der Waals surface area contributed by atoms with Gasteiger partial charge in [0.1, 0.15) is 30.9 Å². The van der Waals surface area contributed by atoms with Crippen LogP contribution in [0.15, 0.2) is 78.9 Å². The number of likely N-dealkylation sites (tertiary alicyclic amines) is 1. The van der Waals surface area contributed by atoms with Crippen LogP contribution in [0, 0.1) is 5.92 Å². The summed E-state index contributed by atoms with van der Waals surface area (Å²) < 4.78 is 17.0. The van der Waals surface area contributed by atoms with E-state index in [4.69, 9.17) is 14.2 Å². The van der Waals surface area contributed by atoms with Crippen molar-refractivity contribution in [2.75, 3.05) is 13.2 Å². The molecule has 3 aromatic carbocycles. The molecule has 0 unspecified atom stereocenters. The van der Waals surface area contributed by atoms with E-state index in [-0.39, 0.29) is 43.9 Å². The third-order valence-corrected chi connectivity index (χ3v) is 9.81. The molecule has 1 aliphatic heterocycles. The fourth-order valence-corrected chi connectivity index (χ4v) is 7.50. The number of ether oxygens (including phenoxy) is 3. The molecule has 1 saturated carbocycles. The molecular weight excluding hydrogens is 634 g/mol. The molecule has 50 heavy (non-hydrogen) atoms. The van der Waals surface area contributed by atoms with Crippen LogP contribution in [-0.4, -0.2) is 65.8 Å². The average molecular weight is 682 g/mol. The monoisotopic (exact) mass is 681 g/mol. The van der Waals surface area contributed by atoms with Gasteiger partial charge in [-0.15, -0.1) is 0 Å². The molecular formula is C40H47N3O7. The van der Waals surface area contributed by atoms with Gasteiger partial charge in [0.2, 0.25) is 5.91 Å². The van der Waals surface area contributed by atoms with Gasteiger partial charge in [-0.2, -0.15) is 0 Å². The summed E-state index contributed by atoms with van der Waals surface area (Å²) in [7, 11) is 0. The maximum Gasteiger partial charge on any atom is 0.408 e. The van der Waals surface area contributed by atoms with Crippen molar-refractivity contribution in [3.63, 3.8) is 0 Å². The summed E-state index contributed by atoms with van der Waals surface area (Å²) in [6.45, 7) is 5.55. The molecule has 1 heterocycles. The Labute approximate surface area is 293 Å². The third kappa shape index (κ3) is 8.29. The number of hydrogen-bond donors (Lipinski definition) is 2. The number of benzene rings is 3. The van der Waals surface area contributed by atoms with Crippen LogP contribution in [0.25, 0.3) is 11.1 Å². The molecule has 0 aromatic heterocycles. The topological polar surface area (TPSA) is 123 Å². The second kappa shape index (κ2) is 15.4. The summed E-state index contributed by atoms with van der Waals surface area (Å²) in [5, 5.41) is 5.75. The molecule has 1 saturated heterocycles. The van der Waals surface area contributed by atoms with E-state index in [1.165, 1.54) is 4.90 Å². The van der Waals surface area contributed by atoms with E-state index in [2.05, 4.69) is 34.9 Å². The second-order valence-electron chi connectivity index (χ2n) is 14.5. The predicted molar refractivity (Wildman–Crippen MR) is 188 cm³/mol. The van der Waals surface area contributed by atoms with Gasteiger partial charge in [0.05, 0.1) is 6.04 Å². The van der Waals surface area contributed by atoms with E-state index >= 15 is 0 Å². The molecule has 0 radical (unpaired) electrons. The minimum atomic E-state index is -0.961. The Bertz CT molecular complexity index is 1640. The van der Waals surface area contributed by atoms with E-state index in [9.17, 15) is 19.2 Å². The quantitative estimate of drug-likeness (QED) is 0.190. The van der Waals surface area contributed by atoms with Crippen molar-refractivity contribution in [1.29, 1.82) is 0 Å². The molecule has 3 amide bonds. The molecule has 10 nitrogen and oxygen atoms in total. The number of nitrogens with one attached hydrogen (secondary N) is 2. The SMILES string of the molecule is CC(C)(C)OC(=O)N[C@H](C(=O)N1C[C@@H](NC(=O)OCC2c3ccccc3-c3ccccc32)C[C@H]1C(=O)OCc1ccccc1)C1CCCCC1. The van der Waals surface area contributed by atoms with E-state index in [0.717, 1.165) is 59.9 Å². The van der Waals surface area contributed by atoms with Gasteiger partial charge in [-0.1, -0.05) is 98.1 Å². The molecule has 3 aromatic rings. The Balaban J connectivity index is 1.17. The number of fused-ring (bicyclic) bond motifs is 3. The van der Waals surface area contributed by atoms with Crippen LogP contribution in [0.2, 0.25) is 0 Å². The van der Waals surface area contributed by atoms with Gasteiger partial charge < -0.3 is 29.7 Å². The first-order chi connectivity index (χ1) is 24.1. The molecule has 3 atom stereocenters. The first-order valence-corrected chi connectivity index (χ1v) is 17.7. The predicted octanol–water partition coefficient (Wildman–Crippen LogP) is 6.71. The third-order valence-electron chi connectivity index (χ3n) is 9.81. The van der Waals surface area contributed by atoms with Gasteiger partial charge in [-0.05, 0) is 67.3 Å². The molecule has 0 spiro atoms. The number of hydrogen-bond acceptors (Lipinski definition) is 7. The number of nitrogens with zero attached hydrogens (tertiary/aromatic N) is 1. The number of rotatable bonds is 9. The fraction of sp³-hybridized carbons (Fsp3) is 0.450. The Morgan fingerprint density at radius 1 is 0.800 bits per heavy atom. The Morgan fingerprint density at radius 3 is 2.06 bits per heavy atom. The number of carbonyl (C=O) groups excluding carboxylic acids is 4. The van der Waals surface area contributed by atoms with Crippen LogP contribution in [0.1, 0.15) is 81.9 Å².